The smallest absolute Gasteiger partial charge is 0.236 e. The van der Waals surface area contributed by atoms with E-state index in [0.29, 0.717) is 23.8 Å². The highest BCUT2D eigenvalue weighted by Gasteiger charge is 2.25. The maximum absolute atomic E-state index is 13.0. The zero-order valence-corrected chi connectivity index (χ0v) is 19.3. The van der Waals surface area contributed by atoms with Crippen molar-refractivity contribution in [2.45, 2.75) is 54.7 Å². The van der Waals surface area contributed by atoms with Gasteiger partial charge in [-0.1, -0.05) is 11.2 Å². The van der Waals surface area contributed by atoms with Crippen molar-refractivity contribution in [1.82, 2.24) is 15.6 Å². The van der Waals surface area contributed by atoms with E-state index in [0.717, 1.165) is 12.8 Å². The van der Waals surface area contributed by atoms with E-state index in [-0.39, 0.29) is 58.8 Å². The lowest BCUT2D eigenvalue weighted by Crippen LogP contribution is -2.40. The number of halogens is 1. The molecule has 0 saturated heterocycles. The number of aromatic nitrogens is 1. The van der Waals surface area contributed by atoms with Gasteiger partial charge in [0.15, 0.2) is 5.03 Å². The largest absolute Gasteiger partial charge is 0.497 e. The molecule has 1 fully saturated rings. The molecule has 1 aliphatic rings. The first-order valence-electron chi connectivity index (χ1n) is 10.1. The first kappa shape index (κ1) is 26.0. The molecule has 1 aromatic carbocycles. The van der Waals surface area contributed by atoms with Crippen LogP contribution in [0.15, 0.2) is 52.5 Å². The van der Waals surface area contributed by atoms with Crippen LogP contribution < -0.4 is 10.2 Å². The molecule has 0 bridgehead atoms. The average Bonchev–Trinajstić information content (AvgIpc) is 2.75. The van der Waals surface area contributed by atoms with Gasteiger partial charge in [0.25, 0.3) is 0 Å². The van der Waals surface area contributed by atoms with E-state index in [1.807, 2.05) is 0 Å². The number of hydrazine groups is 1. The summed E-state index contributed by atoms with van der Waals surface area (Å²) in [6.45, 7) is -0.256. The number of pyridine rings is 1. The number of methoxy groups -OCH3 is 1. The van der Waals surface area contributed by atoms with Gasteiger partial charge in [0.1, 0.15) is 5.75 Å². The number of hydrogen-bond donors (Lipinski definition) is 3. The van der Waals surface area contributed by atoms with E-state index in [1.54, 1.807) is 18.2 Å². The molecule has 9 nitrogen and oxygen atoms in total. The number of amides is 1. The number of hydroxylamine groups is 1. The highest BCUT2D eigenvalue weighted by molar-refractivity contribution is 7.91. The number of ether oxygens (including phenoxy) is 1. The normalized spacial score (nSPS) is 18.6. The van der Waals surface area contributed by atoms with Crippen LogP contribution in [0, 0.1) is 5.92 Å². The molecule has 11 heteroatoms. The second-order valence-corrected chi connectivity index (χ2v) is 9.48. The Hall–Kier alpha value is -2.24. The minimum Gasteiger partial charge on any atom is -0.497 e. The summed E-state index contributed by atoms with van der Waals surface area (Å²) in [6, 6.07) is 9.02. The Morgan fingerprint density at radius 2 is 1.84 bits per heavy atom. The number of carbonyl (C=O) groups excluding carboxylic acids is 1. The van der Waals surface area contributed by atoms with Crippen LogP contribution in [-0.4, -0.2) is 48.0 Å². The molecule has 1 saturated carbocycles. The van der Waals surface area contributed by atoms with Crippen LogP contribution in [0.4, 0.5) is 0 Å². The van der Waals surface area contributed by atoms with E-state index in [4.69, 9.17) is 4.74 Å². The first-order chi connectivity index (χ1) is 14.8. The molecule has 0 radical (unpaired) electrons. The van der Waals surface area contributed by atoms with Gasteiger partial charge in [-0.15, -0.1) is 12.4 Å². The second kappa shape index (κ2) is 11.6. The van der Waals surface area contributed by atoms with Crippen molar-refractivity contribution in [1.29, 1.82) is 0 Å². The summed E-state index contributed by atoms with van der Waals surface area (Å²) < 4.78 is 31.1. The third-order valence-electron chi connectivity index (χ3n) is 5.34. The summed E-state index contributed by atoms with van der Waals surface area (Å²) in [6.07, 6.45) is 4.14. The maximum atomic E-state index is 13.0. The van der Waals surface area contributed by atoms with Crippen molar-refractivity contribution >= 4 is 28.2 Å². The van der Waals surface area contributed by atoms with Gasteiger partial charge in [0.2, 0.25) is 15.7 Å². The molecule has 1 aromatic heterocycles. The SMILES string of the molecule is COc1ccc(S(=O)(=O)c2ncccc2CN(O)NC(=O)CC2CCC(O)CC2)cc1.Cl. The topological polar surface area (TPSA) is 129 Å². The summed E-state index contributed by atoms with van der Waals surface area (Å²) >= 11 is 0. The van der Waals surface area contributed by atoms with Gasteiger partial charge in [-0.2, -0.15) is 0 Å². The Labute approximate surface area is 193 Å². The van der Waals surface area contributed by atoms with Gasteiger partial charge in [-0.3, -0.25) is 15.4 Å². The molecule has 3 rings (SSSR count). The average molecular weight is 486 g/mol. The molecule has 0 atom stereocenters. The van der Waals surface area contributed by atoms with Crippen LogP contribution >= 0.6 is 12.4 Å². The van der Waals surface area contributed by atoms with Crippen LogP contribution in [-0.2, 0) is 21.2 Å². The molecule has 1 aliphatic carbocycles. The number of aliphatic hydroxyl groups is 1. The summed E-state index contributed by atoms with van der Waals surface area (Å²) in [5.41, 5.74) is 2.61. The Bertz CT molecular complexity index is 995. The molecule has 0 aliphatic heterocycles. The third-order valence-corrected chi connectivity index (χ3v) is 7.11. The fourth-order valence-electron chi connectivity index (χ4n) is 3.65. The van der Waals surface area contributed by atoms with Crippen molar-refractivity contribution < 1.29 is 28.3 Å². The molecule has 176 valence electrons. The van der Waals surface area contributed by atoms with Crippen LogP contribution in [0.1, 0.15) is 37.7 Å². The molecule has 0 unspecified atom stereocenters. The highest BCUT2D eigenvalue weighted by atomic mass is 35.5. The van der Waals surface area contributed by atoms with Gasteiger partial charge in [-0.05, 0) is 61.9 Å². The predicted molar refractivity (Wildman–Crippen MR) is 118 cm³/mol. The van der Waals surface area contributed by atoms with Gasteiger partial charge >= 0.3 is 0 Å². The number of nitrogens with one attached hydrogen (secondary N) is 1. The van der Waals surface area contributed by atoms with E-state index < -0.39 is 9.84 Å². The molecule has 0 spiro atoms. The molecular formula is C21H28ClN3O6S. The van der Waals surface area contributed by atoms with E-state index in [9.17, 15) is 23.5 Å². The number of carbonyl (C=O) groups is 1. The molecular weight excluding hydrogens is 458 g/mol. The Morgan fingerprint density at radius 3 is 2.47 bits per heavy atom. The summed E-state index contributed by atoms with van der Waals surface area (Å²) in [5, 5.41) is 20.1. The molecule has 3 N–H and O–H groups in total. The van der Waals surface area contributed by atoms with Gasteiger partial charge in [0.05, 0.1) is 24.7 Å². The van der Waals surface area contributed by atoms with E-state index in [2.05, 4.69) is 10.4 Å². The summed E-state index contributed by atoms with van der Waals surface area (Å²) in [4.78, 5) is 16.3. The second-order valence-electron chi connectivity index (χ2n) is 7.62. The van der Waals surface area contributed by atoms with Crippen LogP contribution in [0.25, 0.3) is 0 Å². The third kappa shape index (κ3) is 6.63. The fraction of sp³-hybridized carbons (Fsp3) is 0.429. The standard InChI is InChI=1S/C21H27N3O6S.ClH/c1-30-18-8-10-19(11-9-18)31(28,29)21-16(3-2-12-22-21)14-24(27)23-20(26)13-15-4-6-17(25)7-5-15;/h2-3,8-12,15,17,25,27H,4-7,13-14H2,1H3,(H,23,26);1H. The maximum Gasteiger partial charge on any atom is 0.236 e. The number of benzene rings is 1. The van der Waals surface area contributed by atoms with Crippen LogP contribution in [0.5, 0.6) is 5.75 Å². The number of sulfone groups is 1. The Kier molecular flexibility index (Phi) is 9.41. The monoisotopic (exact) mass is 485 g/mol. The van der Waals surface area contributed by atoms with Crippen molar-refractivity contribution in [2.75, 3.05) is 7.11 Å². The lowest BCUT2D eigenvalue weighted by molar-refractivity contribution is -0.166. The lowest BCUT2D eigenvalue weighted by Gasteiger charge is -2.25. The zero-order chi connectivity index (χ0) is 22.4. The van der Waals surface area contributed by atoms with Crippen molar-refractivity contribution in [2.24, 2.45) is 5.92 Å². The molecule has 1 amide bonds. The fourth-order valence-corrected chi connectivity index (χ4v) is 5.05. The number of rotatable bonds is 8. The summed E-state index contributed by atoms with van der Waals surface area (Å²) in [7, 11) is -2.45. The van der Waals surface area contributed by atoms with Gasteiger partial charge in [-0.25, -0.2) is 13.4 Å². The van der Waals surface area contributed by atoms with Gasteiger partial charge < -0.3 is 9.84 Å². The minimum atomic E-state index is -3.94. The predicted octanol–water partition coefficient (Wildman–Crippen LogP) is 2.51. The number of hydrogen-bond acceptors (Lipinski definition) is 8. The molecule has 1 heterocycles. The first-order valence-corrected chi connectivity index (χ1v) is 11.5. The quantitative estimate of drug-likeness (QED) is 0.486. The lowest BCUT2D eigenvalue weighted by atomic mass is 9.85. The van der Waals surface area contributed by atoms with Crippen LogP contribution in [0.2, 0.25) is 0 Å². The molecule has 32 heavy (non-hydrogen) atoms. The minimum absolute atomic E-state index is 0. The highest BCUT2D eigenvalue weighted by Crippen LogP contribution is 2.27. The van der Waals surface area contributed by atoms with Crippen molar-refractivity contribution in [3.8, 4) is 5.75 Å². The Morgan fingerprint density at radius 1 is 1.19 bits per heavy atom. The van der Waals surface area contributed by atoms with Gasteiger partial charge in [0, 0.05) is 18.2 Å². The number of aliphatic hydroxyl groups excluding tert-OH is 1. The Balaban J connectivity index is 0.00000363. The van der Waals surface area contributed by atoms with E-state index >= 15 is 0 Å². The van der Waals surface area contributed by atoms with Crippen molar-refractivity contribution in [3.05, 3.63) is 48.2 Å². The van der Waals surface area contributed by atoms with Crippen LogP contribution in [0.3, 0.4) is 0 Å². The van der Waals surface area contributed by atoms with Crippen molar-refractivity contribution in [3.63, 3.8) is 0 Å². The zero-order valence-electron chi connectivity index (χ0n) is 17.7. The number of nitrogens with zero attached hydrogens (tertiary/aromatic N) is 2. The summed E-state index contributed by atoms with van der Waals surface area (Å²) in [5.74, 6) is 0.311. The molecule has 2 aromatic rings. The van der Waals surface area contributed by atoms with E-state index in [1.165, 1.54) is 31.5 Å².